The summed E-state index contributed by atoms with van der Waals surface area (Å²) >= 11 is 0. The van der Waals surface area contributed by atoms with Gasteiger partial charge in [0.15, 0.2) is 0 Å². The summed E-state index contributed by atoms with van der Waals surface area (Å²) in [5, 5.41) is 0. The summed E-state index contributed by atoms with van der Waals surface area (Å²) in [6.07, 6.45) is 2.23. The van der Waals surface area contributed by atoms with E-state index in [4.69, 9.17) is 4.99 Å². The highest BCUT2D eigenvalue weighted by atomic mass is 14.8. The van der Waals surface area contributed by atoms with E-state index in [1.807, 2.05) is 0 Å². The van der Waals surface area contributed by atoms with E-state index in [1.165, 1.54) is 61.2 Å². The van der Waals surface area contributed by atoms with E-state index >= 15 is 0 Å². The third-order valence-electron chi connectivity index (χ3n) is 7.61. The Bertz CT molecular complexity index is 1710. The Morgan fingerprint density at radius 2 is 1.16 bits per heavy atom. The van der Waals surface area contributed by atoms with Crippen molar-refractivity contribution < 1.29 is 0 Å². The molecule has 38 heavy (non-hydrogen) atoms. The second-order valence-electron chi connectivity index (χ2n) is 10.5. The predicted molar refractivity (Wildman–Crippen MR) is 162 cm³/mol. The number of hydrogen-bond acceptors (Lipinski definition) is 1. The number of aryl methyl sites for hydroxylation is 5. The van der Waals surface area contributed by atoms with Crippen LogP contribution in [0.2, 0.25) is 0 Å². The molecule has 1 aliphatic rings. The number of H-pyrrole nitrogens is 1. The Kier molecular flexibility index (Phi) is 5.96. The molecule has 0 spiro atoms. The van der Waals surface area contributed by atoms with Gasteiger partial charge in [-0.05, 0) is 92.3 Å². The lowest BCUT2D eigenvalue weighted by Gasteiger charge is -2.13. The minimum Gasteiger partial charge on any atom is -0.354 e. The van der Waals surface area contributed by atoms with Crippen molar-refractivity contribution >= 4 is 17.5 Å². The quantitative estimate of drug-likeness (QED) is 0.259. The molecule has 0 saturated heterocycles. The summed E-state index contributed by atoms with van der Waals surface area (Å²) in [5.41, 5.74) is 17.8. The Morgan fingerprint density at radius 3 is 1.79 bits per heavy atom. The number of rotatable bonds is 4. The van der Waals surface area contributed by atoms with Crippen LogP contribution in [0.3, 0.4) is 0 Å². The maximum atomic E-state index is 5.33. The molecular formula is C36H32N2. The minimum atomic E-state index is 0.996. The van der Waals surface area contributed by atoms with E-state index in [9.17, 15) is 0 Å². The van der Waals surface area contributed by atoms with Crippen molar-refractivity contribution in [2.75, 3.05) is 0 Å². The summed E-state index contributed by atoms with van der Waals surface area (Å²) in [5.74, 6) is 0. The molecular weight excluding hydrogens is 460 g/mol. The van der Waals surface area contributed by atoms with Gasteiger partial charge in [-0.25, -0.2) is 4.99 Å². The Hall–Kier alpha value is -4.43. The van der Waals surface area contributed by atoms with Crippen LogP contribution in [0.25, 0.3) is 34.2 Å². The molecule has 186 valence electrons. The first-order chi connectivity index (χ1) is 18.4. The second kappa shape index (κ2) is 9.46. The van der Waals surface area contributed by atoms with E-state index < -0.39 is 0 Å². The molecule has 0 atom stereocenters. The van der Waals surface area contributed by atoms with Crippen molar-refractivity contribution in [2.45, 2.75) is 34.6 Å². The largest absolute Gasteiger partial charge is 0.354 e. The maximum Gasteiger partial charge on any atom is 0.0794 e. The van der Waals surface area contributed by atoms with Crippen molar-refractivity contribution in [3.8, 4) is 22.4 Å². The zero-order valence-electron chi connectivity index (χ0n) is 22.7. The highest BCUT2D eigenvalue weighted by Gasteiger charge is 2.25. The molecule has 0 bridgehead atoms. The van der Waals surface area contributed by atoms with Crippen LogP contribution >= 0.6 is 0 Å². The normalized spacial score (nSPS) is 13.6. The first-order valence-corrected chi connectivity index (χ1v) is 13.2. The number of benzene rings is 4. The number of hydrogen-bond donors (Lipinski definition) is 1. The fraction of sp³-hybridized carbons (Fsp3) is 0.139. The van der Waals surface area contributed by atoms with Gasteiger partial charge in [0.2, 0.25) is 0 Å². The molecule has 0 unspecified atom stereocenters. The van der Waals surface area contributed by atoms with Crippen LogP contribution in [0.4, 0.5) is 0 Å². The van der Waals surface area contributed by atoms with Gasteiger partial charge < -0.3 is 4.98 Å². The highest BCUT2D eigenvalue weighted by molar-refractivity contribution is 6.23. The summed E-state index contributed by atoms with van der Waals surface area (Å²) in [4.78, 5) is 9.05. The number of aromatic amines is 1. The number of nitrogens with zero attached hydrogens (tertiary/aromatic N) is 1. The molecule has 2 heteroatoms. The molecule has 1 aliphatic heterocycles. The SMILES string of the molecule is Cc1cc(C)c(C2=NC(=Cc3[nH]c(-c4ccccc4)cc3-c3ccccc3)c3cc(C)c(C)cc32)c(C)c1. The molecule has 0 fully saturated rings. The van der Waals surface area contributed by atoms with Gasteiger partial charge in [0.05, 0.1) is 11.4 Å². The van der Waals surface area contributed by atoms with Crippen LogP contribution < -0.4 is 0 Å². The van der Waals surface area contributed by atoms with Crippen LogP contribution in [0.5, 0.6) is 0 Å². The fourth-order valence-corrected chi connectivity index (χ4v) is 5.67. The van der Waals surface area contributed by atoms with E-state index in [1.54, 1.807) is 0 Å². The fourth-order valence-electron chi connectivity index (χ4n) is 5.67. The Balaban J connectivity index is 1.58. The van der Waals surface area contributed by atoms with Crippen LogP contribution in [0, 0.1) is 34.6 Å². The lowest BCUT2D eigenvalue weighted by Crippen LogP contribution is -2.07. The lowest BCUT2D eigenvalue weighted by atomic mass is 9.90. The zero-order valence-corrected chi connectivity index (χ0v) is 22.7. The molecule has 0 aliphatic carbocycles. The number of nitrogens with one attached hydrogen (secondary N) is 1. The van der Waals surface area contributed by atoms with E-state index in [2.05, 4.69) is 137 Å². The van der Waals surface area contributed by atoms with Gasteiger partial charge in [0.1, 0.15) is 0 Å². The first-order valence-electron chi connectivity index (χ1n) is 13.2. The summed E-state index contributed by atoms with van der Waals surface area (Å²) < 4.78 is 0. The summed E-state index contributed by atoms with van der Waals surface area (Å²) in [6, 6.07) is 32.5. The molecule has 0 saturated carbocycles. The van der Waals surface area contributed by atoms with Crippen LogP contribution in [-0.2, 0) is 0 Å². The predicted octanol–water partition coefficient (Wildman–Crippen LogP) is 9.24. The van der Waals surface area contributed by atoms with Crippen LogP contribution in [0.1, 0.15) is 50.2 Å². The van der Waals surface area contributed by atoms with Crippen LogP contribution in [-0.4, -0.2) is 10.7 Å². The molecule has 6 rings (SSSR count). The maximum absolute atomic E-state index is 5.33. The number of aromatic nitrogens is 1. The van der Waals surface area contributed by atoms with E-state index in [-0.39, 0.29) is 0 Å². The molecule has 1 aromatic heterocycles. The minimum absolute atomic E-state index is 0.996. The average molecular weight is 493 g/mol. The Morgan fingerprint density at radius 1 is 0.579 bits per heavy atom. The van der Waals surface area contributed by atoms with Gasteiger partial charge in [-0.1, -0.05) is 78.4 Å². The lowest BCUT2D eigenvalue weighted by molar-refractivity contribution is 1.29. The first kappa shape index (κ1) is 23.9. The highest BCUT2D eigenvalue weighted by Crippen LogP contribution is 2.38. The third-order valence-corrected chi connectivity index (χ3v) is 7.61. The Labute approximate surface area is 225 Å². The second-order valence-corrected chi connectivity index (χ2v) is 10.5. The molecule has 0 radical (unpaired) electrons. The van der Waals surface area contributed by atoms with Crippen molar-refractivity contribution in [1.29, 1.82) is 0 Å². The van der Waals surface area contributed by atoms with Crippen LogP contribution in [0.15, 0.2) is 96.0 Å². The topological polar surface area (TPSA) is 28.1 Å². The smallest absolute Gasteiger partial charge is 0.0794 e. The van der Waals surface area contributed by atoms with Gasteiger partial charge in [-0.15, -0.1) is 0 Å². The summed E-state index contributed by atoms with van der Waals surface area (Å²) in [7, 11) is 0. The summed E-state index contributed by atoms with van der Waals surface area (Å²) in [6.45, 7) is 10.9. The van der Waals surface area contributed by atoms with Crippen molar-refractivity contribution in [1.82, 2.24) is 4.98 Å². The molecule has 0 amide bonds. The standard InChI is InChI=1S/C36H32N2/c1-22-16-25(4)35(26(5)17-22)36-31-19-24(3)23(2)18-30(31)34(38-36)21-33-29(27-12-8-6-9-13-27)20-32(37-33)28-14-10-7-11-15-28/h6-21,37H,1-5H3. The molecule has 4 aromatic carbocycles. The molecule has 2 nitrogen and oxygen atoms in total. The average Bonchev–Trinajstić information content (AvgIpc) is 3.47. The zero-order chi connectivity index (χ0) is 26.4. The molecule has 5 aromatic rings. The third kappa shape index (κ3) is 4.22. The van der Waals surface area contributed by atoms with Crippen molar-refractivity contribution in [2.24, 2.45) is 4.99 Å². The van der Waals surface area contributed by atoms with Crippen molar-refractivity contribution in [3.05, 3.63) is 141 Å². The monoisotopic (exact) mass is 492 g/mol. The van der Waals surface area contributed by atoms with E-state index in [0.29, 0.717) is 0 Å². The number of fused-ring (bicyclic) bond motifs is 1. The van der Waals surface area contributed by atoms with Gasteiger partial charge in [0.25, 0.3) is 0 Å². The van der Waals surface area contributed by atoms with E-state index in [0.717, 1.165) is 22.8 Å². The van der Waals surface area contributed by atoms with Gasteiger partial charge in [0, 0.05) is 33.6 Å². The molecule has 2 heterocycles. The van der Waals surface area contributed by atoms with Crippen molar-refractivity contribution in [3.63, 3.8) is 0 Å². The van der Waals surface area contributed by atoms with Gasteiger partial charge >= 0.3 is 0 Å². The number of aliphatic imine (C=N–C) groups is 1. The van der Waals surface area contributed by atoms with Gasteiger partial charge in [-0.3, -0.25) is 0 Å². The van der Waals surface area contributed by atoms with Gasteiger partial charge in [-0.2, -0.15) is 0 Å². The molecule has 1 N–H and O–H groups in total.